The summed E-state index contributed by atoms with van der Waals surface area (Å²) in [6.45, 7) is 6.66. The van der Waals surface area contributed by atoms with Gasteiger partial charge in [-0.15, -0.1) is 0 Å². The lowest BCUT2D eigenvalue weighted by atomic mass is 10.1. The van der Waals surface area contributed by atoms with E-state index >= 15 is 0 Å². The van der Waals surface area contributed by atoms with Gasteiger partial charge in [0.1, 0.15) is 11.4 Å². The second-order valence-corrected chi connectivity index (χ2v) is 8.52. The molecule has 0 saturated carbocycles. The molecule has 0 spiro atoms. The summed E-state index contributed by atoms with van der Waals surface area (Å²) >= 11 is 0. The van der Waals surface area contributed by atoms with Crippen molar-refractivity contribution in [1.29, 1.82) is 0 Å². The predicted molar refractivity (Wildman–Crippen MR) is 124 cm³/mol. The van der Waals surface area contributed by atoms with E-state index in [0.717, 1.165) is 16.7 Å². The Morgan fingerprint density at radius 2 is 1.62 bits per heavy atom. The van der Waals surface area contributed by atoms with Crippen molar-refractivity contribution in [3.8, 4) is 0 Å². The second kappa shape index (κ2) is 11.5. The number of halogens is 1. The molecule has 174 valence electrons. The van der Waals surface area contributed by atoms with Crippen molar-refractivity contribution in [1.82, 2.24) is 15.5 Å². The molecule has 0 atom stereocenters. The number of aliphatic imine (C=N–C) groups is 1. The van der Waals surface area contributed by atoms with Gasteiger partial charge in [-0.2, -0.15) is 0 Å². The number of amides is 1. The Balaban J connectivity index is 1.84. The van der Waals surface area contributed by atoms with Gasteiger partial charge in [-0.3, -0.25) is 4.99 Å². The molecule has 2 aromatic carbocycles. The molecule has 0 unspecified atom stereocenters. The number of carbonyl (C=O) groups is 1. The number of hydrogen-bond acceptors (Lipinski definition) is 4. The van der Waals surface area contributed by atoms with Crippen LogP contribution in [0, 0.1) is 5.82 Å². The summed E-state index contributed by atoms with van der Waals surface area (Å²) in [6, 6.07) is 12.6. The van der Waals surface area contributed by atoms with Gasteiger partial charge in [0.05, 0.1) is 6.61 Å². The van der Waals surface area contributed by atoms with Crippen molar-refractivity contribution in [2.75, 3.05) is 14.1 Å². The molecule has 0 fully saturated rings. The SMILES string of the molecule is CN=C(NCc1ccc(CN(C)C(=O)OC(C)(C)C)cc1)NCc1ccc(F)c(CO)c1. The highest BCUT2D eigenvalue weighted by Gasteiger charge is 2.19. The number of hydrogen-bond donors (Lipinski definition) is 3. The minimum Gasteiger partial charge on any atom is -0.444 e. The molecular formula is C24H33FN4O3. The number of benzene rings is 2. The number of aliphatic hydroxyl groups excluding tert-OH is 1. The molecule has 0 bridgehead atoms. The van der Waals surface area contributed by atoms with Crippen molar-refractivity contribution < 1.29 is 19.0 Å². The van der Waals surface area contributed by atoms with Gasteiger partial charge in [0.15, 0.2) is 5.96 Å². The van der Waals surface area contributed by atoms with Crippen molar-refractivity contribution in [2.45, 2.75) is 52.6 Å². The summed E-state index contributed by atoms with van der Waals surface area (Å²) in [7, 11) is 3.39. The molecule has 0 radical (unpaired) electrons. The van der Waals surface area contributed by atoms with E-state index in [2.05, 4.69) is 15.6 Å². The topological polar surface area (TPSA) is 86.2 Å². The molecule has 2 aromatic rings. The van der Waals surface area contributed by atoms with Crippen LogP contribution in [0.25, 0.3) is 0 Å². The first-order valence-electron chi connectivity index (χ1n) is 10.5. The summed E-state index contributed by atoms with van der Waals surface area (Å²) in [5.41, 5.74) is 2.65. The second-order valence-electron chi connectivity index (χ2n) is 8.52. The van der Waals surface area contributed by atoms with Gasteiger partial charge in [-0.25, -0.2) is 9.18 Å². The summed E-state index contributed by atoms with van der Waals surface area (Å²) < 4.78 is 18.9. The molecule has 3 N–H and O–H groups in total. The largest absolute Gasteiger partial charge is 0.444 e. The molecule has 0 saturated heterocycles. The minimum atomic E-state index is -0.523. The Bertz CT molecular complexity index is 924. The minimum absolute atomic E-state index is 0.268. The van der Waals surface area contributed by atoms with Crippen LogP contribution in [0.5, 0.6) is 0 Å². The Kier molecular flexibility index (Phi) is 9.02. The van der Waals surface area contributed by atoms with E-state index < -0.39 is 11.4 Å². The first-order valence-corrected chi connectivity index (χ1v) is 10.5. The van der Waals surface area contributed by atoms with Gasteiger partial charge >= 0.3 is 6.09 Å². The first kappa shape index (κ1) is 25.1. The van der Waals surface area contributed by atoms with E-state index in [1.54, 1.807) is 31.1 Å². The standard InChI is InChI=1S/C24H33FN4O3/c1-24(2,3)32-23(31)29(5)15-18-8-6-17(7-9-18)13-27-22(26-4)28-14-19-10-11-21(25)20(12-19)16-30/h6-12,30H,13-16H2,1-5H3,(H2,26,27,28). The number of aliphatic hydroxyl groups is 1. The number of carbonyl (C=O) groups excluding carboxylic acids is 1. The van der Waals surface area contributed by atoms with Gasteiger partial charge in [-0.1, -0.05) is 30.3 Å². The smallest absolute Gasteiger partial charge is 0.410 e. The highest BCUT2D eigenvalue weighted by Crippen LogP contribution is 2.13. The van der Waals surface area contributed by atoms with Gasteiger partial charge < -0.3 is 25.4 Å². The molecule has 1 amide bonds. The number of rotatable bonds is 7. The molecule has 0 aromatic heterocycles. The van der Waals surface area contributed by atoms with Gasteiger partial charge in [0, 0.05) is 39.3 Å². The molecule has 7 nitrogen and oxygen atoms in total. The van der Waals surface area contributed by atoms with Crippen LogP contribution >= 0.6 is 0 Å². The Morgan fingerprint density at radius 3 is 2.19 bits per heavy atom. The maximum absolute atomic E-state index is 13.5. The fraction of sp³-hybridized carbons (Fsp3) is 0.417. The van der Waals surface area contributed by atoms with Gasteiger partial charge in [-0.05, 0) is 49.6 Å². The average molecular weight is 445 g/mol. The van der Waals surface area contributed by atoms with Crippen LogP contribution in [0.15, 0.2) is 47.5 Å². The summed E-state index contributed by atoms with van der Waals surface area (Å²) in [5.74, 6) is 0.188. The quantitative estimate of drug-likeness (QED) is 0.449. The Labute approximate surface area is 189 Å². The normalized spacial score (nSPS) is 11.8. The van der Waals surface area contributed by atoms with Crippen molar-refractivity contribution in [2.24, 2.45) is 4.99 Å². The fourth-order valence-corrected chi connectivity index (χ4v) is 2.89. The molecule has 32 heavy (non-hydrogen) atoms. The van der Waals surface area contributed by atoms with Crippen LogP contribution in [0.3, 0.4) is 0 Å². The highest BCUT2D eigenvalue weighted by molar-refractivity contribution is 5.79. The highest BCUT2D eigenvalue weighted by atomic mass is 19.1. The fourth-order valence-electron chi connectivity index (χ4n) is 2.89. The third-order valence-corrected chi connectivity index (χ3v) is 4.57. The molecule has 0 aliphatic carbocycles. The molecule has 8 heteroatoms. The van der Waals surface area contributed by atoms with E-state index in [1.165, 1.54) is 6.07 Å². The van der Waals surface area contributed by atoms with E-state index in [9.17, 15) is 14.3 Å². The van der Waals surface area contributed by atoms with Crippen LogP contribution in [0.4, 0.5) is 9.18 Å². The van der Waals surface area contributed by atoms with E-state index in [0.29, 0.717) is 25.6 Å². The lowest BCUT2D eigenvalue weighted by Gasteiger charge is -2.24. The molecular weight excluding hydrogens is 411 g/mol. The van der Waals surface area contributed by atoms with Gasteiger partial charge in [0.2, 0.25) is 0 Å². The van der Waals surface area contributed by atoms with Crippen LogP contribution in [0.2, 0.25) is 0 Å². The molecule has 0 aliphatic heterocycles. The predicted octanol–water partition coefficient (Wildman–Crippen LogP) is 3.55. The zero-order valence-corrected chi connectivity index (χ0v) is 19.4. The maximum atomic E-state index is 13.5. The number of guanidine groups is 1. The molecule has 0 aliphatic rings. The van der Waals surface area contributed by atoms with Crippen LogP contribution in [-0.2, 0) is 31.0 Å². The summed E-state index contributed by atoms with van der Waals surface area (Å²) in [5, 5.41) is 15.6. The first-order chi connectivity index (χ1) is 15.1. The van der Waals surface area contributed by atoms with Crippen LogP contribution < -0.4 is 10.6 Å². The van der Waals surface area contributed by atoms with Crippen molar-refractivity contribution in [3.05, 3.63) is 70.5 Å². The van der Waals surface area contributed by atoms with E-state index in [-0.39, 0.29) is 18.3 Å². The summed E-state index contributed by atoms with van der Waals surface area (Å²) in [6.07, 6.45) is -0.356. The third-order valence-electron chi connectivity index (χ3n) is 4.57. The Hall–Kier alpha value is -3.13. The third kappa shape index (κ3) is 8.19. The lowest BCUT2D eigenvalue weighted by Crippen LogP contribution is -2.36. The average Bonchev–Trinajstić information content (AvgIpc) is 2.74. The monoisotopic (exact) mass is 444 g/mol. The van der Waals surface area contributed by atoms with Gasteiger partial charge in [0.25, 0.3) is 0 Å². The molecule has 2 rings (SSSR count). The van der Waals surface area contributed by atoms with E-state index in [1.807, 2.05) is 45.0 Å². The van der Waals surface area contributed by atoms with E-state index in [4.69, 9.17) is 4.74 Å². The number of nitrogens with one attached hydrogen (secondary N) is 2. The maximum Gasteiger partial charge on any atom is 0.410 e. The zero-order chi connectivity index (χ0) is 23.7. The Morgan fingerprint density at radius 1 is 1.06 bits per heavy atom. The van der Waals surface area contributed by atoms with Crippen LogP contribution in [-0.4, -0.2) is 41.8 Å². The number of nitrogens with zero attached hydrogens (tertiary/aromatic N) is 2. The lowest BCUT2D eigenvalue weighted by molar-refractivity contribution is 0.0285. The van der Waals surface area contributed by atoms with Crippen molar-refractivity contribution in [3.63, 3.8) is 0 Å². The van der Waals surface area contributed by atoms with Crippen LogP contribution in [0.1, 0.15) is 43.0 Å². The zero-order valence-electron chi connectivity index (χ0n) is 19.4. The summed E-state index contributed by atoms with van der Waals surface area (Å²) in [4.78, 5) is 17.8. The molecule has 0 heterocycles. The van der Waals surface area contributed by atoms with Crippen molar-refractivity contribution >= 4 is 12.1 Å². The number of ether oxygens (including phenoxy) is 1.